The SMILES string of the molecule is [3H]O[Si](COC(=O)C(C)(C)C)(O[3H])O[3H]. The van der Waals surface area contributed by atoms with Gasteiger partial charge in [-0.3, -0.25) is 4.79 Å². The van der Waals surface area contributed by atoms with Crippen LogP contribution in [0.5, 0.6) is 0 Å². The Balaban J connectivity index is 4.29. The zero-order valence-corrected chi connectivity index (χ0v) is 8.25. The molecule has 0 spiro atoms. The number of ether oxygens (including phenoxy) is 1. The van der Waals surface area contributed by atoms with Gasteiger partial charge in [-0.15, -0.1) is 0 Å². The van der Waals surface area contributed by atoms with Crippen LogP contribution in [0.2, 0.25) is 0 Å². The van der Waals surface area contributed by atoms with E-state index in [1.807, 2.05) is 0 Å². The smallest absolute Gasteiger partial charge is 0.461 e. The van der Waals surface area contributed by atoms with Crippen LogP contribution in [-0.2, 0) is 9.53 Å². The number of hydrogen-bond acceptors (Lipinski definition) is 5. The van der Waals surface area contributed by atoms with Crippen LogP contribution in [0.15, 0.2) is 0 Å². The second-order valence-corrected chi connectivity index (χ2v) is 5.16. The lowest BCUT2D eigenvalue weighted by molar-refractivity contribution is -0.152. The minimum atomic E-state index is -3.80. The Kier molecular flexibility index (Phi) is 2.06. The fourth-order valence-electron chi connectivity index (χ4n) is 0.370. The molecule has 12 heavy (non-hydrogen) atoms. The molecule has 3 N–H and O–H groups in total. The normalized spacial score (nSPS) is 16.1. The molecule has 0 amide bonds. The van der Waals surface area contributed by atoms with E-state index in [-0.39, 0.29) is 0 Å². The molecule has 0 aromatic carbocycles. The summed E-state index contributed by atoms with van der Waals surface area (Å²) in [5, 5.41) is 0. The topological polar surface area (TPSA) is 87.0 Å². The molecular weight excluding hydrogens is 180 g/mol. The molecule has 0 rings (SSSR count). The van der Waals surface area contributed by atoms with Crippen LogP contribution in [0, 0.1) is 5.41 Å². The molecule has 0 unspecified atom stereocenters. The van der Waals surface area contributed by atoms with E-state index in [0.29, 0.717) is 0 Å². The van der Waals surface area contributed by atoms with Crippen LogP contribution < -0.4 is 0 Å². The zero-order chi connectivity index (χ0) is 12.1. The van der Waals surface area contributed by atoms with Crippen molar-refractivity contribution in [2.24, 2.45) is 5.41 Å². The number of carbonyl (C=O) groups excluding carboxylic acids is 1. The lowest BCUT2D eigenvalue weighted by Gasteiger charge is -2.17. The minimum absolute atomic E-state index is 0.528. The van der Waals surface area contributed by atoms with Crippen molar-refractivity contribution in [1.82, 2.24) is 0 Å². The van der Waals surface area contributed by atoms with Gasteiger partial charge in [0.05, 0.1) is 5.41 Å². The van der Waals surface area contributed by atoms with Gasteiger partial charge in [-0.25, -0.2) is 0 Å². The van der Waals surface area contributed by atoms with Gasteiger partial charge in [0.2, 0.25) is 0 Å². The standard InChI is InChI=1S/C6H14O5Si/c1-6(2,3)5(7)11-4-12(8,9)10/h8-10H,4H2,1-3H3/i8T,9T,10T. The van der Waals surface area contributed by atoms with Crippen molar-refractivity contribution in [1.29, 1.82) is 4.29 Å². The molecule has 6 heteroatoms. The first kappa shape index (κ1) is 7.02. The van der Waals surface area contributed by atoms with E-state index in [4.69, 9.17) is 9.03 Å². The molecule has 0 saturated carbocycles. The molecular formula is C6H14O5Si. The van der Waals surface area contributed by atoms with E-state index in [1.165, 1.54) is 0 Å². The Hall–Kier alpha value is -0.433. The van der Waals surface area contributed by atoms with Gasteiger partial charge in [-0.05, 0) is 20.8 Å². The van der Waals surface area contributed by atoms with E-state index >= 15 is 0 Å². The van der Waals surface area contributed by atoms with Crippen molar-refractivity contribution in [3.8, 4) is 0 Å². The van der Waals surface area contributed by atoms with Crippen molar-refractivity contribution in [2.45, 2.75) is 20.8 Å². The van der Waals surface area contributed by atoms with Crippen LogP contribution in [0.4, 0.5) is 0 Å². The first-order chi connectivity index (χ1) is 6.81. The second-order valence-electron chi connectivity index (χ2n) is 3.51. The molecule has 0 radical (unpaired) electrons. The van der Waals surface area contributed by atoms with Crippen molar-refractivity contribution in [3.05, 3.63) is 0 Å². The Morgan fingerprint density at radius 3 is 2.33 bits per heavy atom. The first-order valence-electron chi connectivity index (χ1n) is 4.64. The number of rotatable bonds is 5. The summed E-state index contributed by atoms with van der Waals surface area (Å²) in [6, 6.07) is 0. The molecule has 0 aliphatic heterocycles. The van der Waals surface area contributed by atoms with E-state index in [1.54, 1.807) is 20.8 Å². The van der Waals surface area contributed by atoms with Gasteiger partial charge in [-0.1, -0.05) is 0 Å². The highest BCUT2D eigenvalue weighted by molar-refractivity contribution is 6.56. The van der Waals surface area contributed by atoms with Gasteiger partial charge in [0.1, 0.15) is 0 Å². The van der Waals surface area contributed by atoms with Gasteiger partial charge in [0.25, 0.3) is 0 Å². The van der Waals surface area contributed by atoms with Crippen molar-refractivity contribution in [2.75, 3.05) is 6.23 Å². The number of esters is 1. The lowest BCUT2D eigenvalue weighted by atomic mass is 9.98. The van der Waals surface area contributed by atoms with Gasteiger partial charge in [0, 0.05) is 0 Å². The van der Waals surface area contributed by atoms with Gasteiger partial charge in [-0.2, -0.15) is 0 Å². The largest absolute Gasteiger partial charge is 0.532 e. The molecule has 0 bridgehead atoms. The molecule has 0 atom stereocenters. The quantitative estimate of drug-likeness (QED) is 0.393. The molecule has 0 heterocycles. The summed E-state index contributed by atoms with van der Waals surface area (Å²) in [6.45, 7) is 4.93. The lowest BCUT2D eigenvalue weighted by Crippen LogP contribution is -2.43. The Morgan fingerprint density at radius 2 is 2.00 bits per heavy atom. The van der Waals surface area contributed by atoms with Crippen LogP contribution in [0.3, 0.4) is 0 Å². The third kappa shape index (κ3) is 5.25. The Bertz CT molecular complexity index is 207. The third-order valence-electron chi connectivity index (χ3n) is 0.992. The monoisotopic (exact) mass is 200 g/mol. The van der Waals surface area contributed by atoms with E-state index in [9.17, 15) is 4.79 Å². The predicted octanol–water partition coefficient (Wildman–Crippen LogP) is -0.969. The summed E-state index contributed by atoms with van der Waals surface area (Å²) < 4.78 is 24.5. The van der Waals surface area contributed by atoms with Crippen LogP contribution in [0.1, 0.15) is 20.8 Å². The maximum atomic E-state index is 11.3. The van der Waals surface area contributed by atoms with Gasteiger partial charge >= 0.3 is 14.8 Å². The highest BCUT2D eigenvalue weighted by atomic mass is 28.4. The molecule has 72 valence electrons. The Morgan fingerprint density at radius 1 is 1.50 bits per heavy atom. The number of hydrogen-bond donors (Lipinski definition) is 3. The summed E-state index contributed by atoms with van der Waals surface area (Å²) in [5.74, 6) is -0.550. The fraction of sp³-hybridized carbons (Fsp3) is 0.833. The first-order valence-corrected chi connectivity index (χ1v) is 5.34. The Labute approximate surface area is 76.4 Å². The van der Waals surface area contributed by atoms with Crippen molar-refractivity contribution < 1.29 is 23.9 Å². The molecule has 0 aromatic rings. The molecule has 0 aliphatic carbocycles. The van der Waals surface area contributed by atoms with Crippen LogP contribution >= 0.6 is 0 Å². The summed E-state index contributed by atoms with van der Waals surface area (Å²) in [7, 11) is -3.80. The van der Waals surface area contributed by atoms with Gasteiger partial charge < -0.3 is 19.1 Å². The summed E-state index contributed by atoms with van der Waals surface area (Å²) >= 11 is 0. The summed E-state index contributed by atoms with van der Waals surface area (Å²) in [6.07, 6.45) is -0.528. The fourth-order valence-corrected chi connectivity index (χ4v) is 0.678. The van der Waals surface area contributed by atoms with Crippen LogP contribution in [-0.4, -0.2) is 39.7 Å². The minimum Gasteiger partial charge on any atom is -0.461 e. The van der Waals surface area contributed by atoms with Crippen molar-refractivity contribution in [3.63, 3.8) is 0 Å². The average molecular weight is 200 g/mol. The molecule has 0 fully saturated rings. The van der Waals surface area contributed by atoms with E-state index in [2.05, 4.69) is 14.4 Å². The highest BCUT2D eigenvalue weighted by Crippen LogP contribution is 2.15. The summed E-state index contributed by atoms with van der Waals surface area (Å²) in [5.41, 5.74) is -0.716. The molecule has 0 saturated heterocycles. The van der Waals surface area contributed by atoms with E-state index < -0.39 is 26.4 Å². The van der Waals surface area contributed by atoms with Gasteiger partial charge in [0.15, 0.2) is 10.5 Å². The molecule has 5 nitrogen and oxygen atoms in total. The van der Waals surface area contributed by atoms with Crippen LogP contribution in [0.25, 0.3) is 0 Å². The maximum absolute atomic E-state index is 11.3. The average Bonchev–Trinajstić information content (AvgIpc) is 2.19. The van der Waals surface area contributed by atoms with E-state index in [0.717, 1.165) is 0 Å². The second kappa shape index (κ2) is 3.52. The number of carbonyl (C=O) groups is 1. The molecule has 0 aliphatic rings. The van der Waals surface area contributed by atoms with Crippen molar-refractivity contribution >= 4 is 14.8 Å². The maximum Gasteiger partial charge on any atom is 0.532 e. The highest BCUT2D eigenvalue weighted by Gasteiger charge is 2.32. The zero-order valence-electron chi connectivity index (χ0n) is 10.2. The summed E-state index contributed by atoms with van der Waals surface area (Å²) in [4.78, 5) is 23.3. The third-order valence-corrected chi connectivity index (χ3v) is 1.49. The molecule has 0 aromatic heterocycles. The predicted molar refractivity (Wildman–Crippen MR) is 42.8 cm³/mol.